The number of oxazole rings is 1. The quantitative estimate of drug-likeness (QED) is 0.821. The Labute approximate surface area is 110 Å². The molecule has 1 aromatic heterocycles. The standard InChI is InChI=1S/C13H17N3O3/c1-16-10-7-9(4-5-11(10)19-13(16)18)8-15-12(17)3-2-6-14/h4-5,7H,2-3,6,8,14H2,1H3,(H,15,17). The summed E-state index contributed by atoms with van der Waals surface area (Å²) in [7, 11) is 1.65. The van der Waals surface area contributed by atoms with E-state index >= 15 is 0 Å². The molecule has 0 spiro atoms. The number of nitrogens with zero attached hydrogens (tertiary/aromatic N) is 1. The van der Waals surface area contributed by atoms with Gasteiger partial charge in [0.25, 0.3) is 0 Å². The number of carbonyl (C=O) groups excluding carboxylic acids is 1. The summed E-state index contributed by atoms with van der Waals surface area (Å²) < 4.78 is 6.48. The van der Waals surface area contributed by atoms with E-state index in [0.29, 0.717) is 31.5 Å². The van der Waals surface area contributed by atoms with Crippen molar-refractivity contribution in [3.05, 3.63) is 34.3 Å². The lowest BCUT2D eigenvalue weighted by molar-refractivity contribution is -0.121. The SMILES string of the molecule is Cn1c(=O)oc2ccc(CNC(=O)CCCN)cc21. The zero-order valence-corrected chi connectivity index (χ0v) is 10.8. The van der Waals surface area contributed by atoms with Gasteiger partial charge in [0.2, 0.25) is 5.91 Å². The maximum absolute atomic E-state index is 11.5. The summed E-state index contributed by atoms with van der Waals surface area (Å²) in [6.07, 6.45) is 1.12. The highest BCUT2D eigenvalue weighted by atomic mass is 16.4. The first-order chi connectivity index (χ1) is 9.11. The zero-order chi connectivity index (χ0) is 13.8. The second-order valence-electron chi connectivity index (χ2n) is 4.40. The third kappa shape index (κ3) is 3.03. The average Bonchev–Trinajstić information content (AvgIpc) is 2.69. The van der Waals surface area contributed by atoms with Crippen molar-refractivity contribution < 1.29 is 9.21 Å². The molecule has 6 heteroatoms. The van der Waals surface area contributed by atoms with Crippen molar-refractivity contribution in [2.45, 2.75) is 19.4 Å². The molecule has 0 saturated carbocycles. The Morgan fingerprint density at radius 3 is 3.00 bits per heavy atom. The van der Waals surface area contributed by atoms with Crippen molar-refractivity contribution in [3.8, 4) is 0 Å². The first-order valence-electron chi connectivity index (χ1n) is 6.17. The Balaban J connectivity index is 2.07. The van der Waals surface area contributed by atoms with Crippen molar-refractivity contribution in [1.82, 2.24) is 9.88 Å². The molecular formula is C13H17N3O3. The van der Waals surface area contributed by atoms with E-state index in [-0.39, 0.29) is 11.7 Å². The second-order valence-corrected chi connectivity index (χ2v) is 4.40. The molecule has 1 aromatic carbocycles. The van der Waals surface area contributed by atoms with Gasteiger partial charge in [-0.2, -0.15) is 0 Å². The monoisotopic (exact) mass is 263 g/mol. The Hall–Kier alpha value is -2.08. The van der Waals surface area contributed by atoms with Crippen LogP contribution in [0.4, 0.5) is 0 Å². The predicted octanol–water partition coefficient (Wildman–Crippen LogP) is 0.487. The lowest BCUT2D eigenvalue weighted by Crippen LogP contribution is -2.23. The largest absolute Gasteiger partial charge is 0.419 e. The Kier molecular flexibility index (Phi) is 4.01. The van der Waals surface area contributed by atoms with Gasteiger partial charge < -0.3 is 15.5 Å². The summed E-state index contributed by atoms with van der Waals surface area (Å²) in [6.45, 7) is 0.940. The second kappa shape index (κ2) is 5.71. The molecule has 0 bridgehead atoms. The third-order valence-corrected chi connectivity index (χ3v) is 2.95. The zero-order valence-electron chi connectivity index (χ0n) is 10.8. The van der Waals surface area contributed by atoms with Crippen LogP contribution in [-0.2, 0) is 18.4 Å². The van der Waals surface area contributed by atoms with Gasteiger partial charge in [0.05, 0.1) is 5.52 Å². The molecule has 0 saturated heterocycles. The number of carbonyl (C=O) groups is 1. The van der Waals surface area contributed by atoms with Gasteiger partial charge in [-0.25, -0.2) is 4.79 Å². The number of hydrogen-bond acceptors (Lipinski definition) is 4. The molecular weight excluding hydrogens is 246 g/mol. The van der Waals surface area contributed by atoms with Gasteiger partial charge in [-0.05, 0) is 30.7 Å². The molecule has 0 fully saturated rings. The molecule has 1 heterocycles. The summed E-state index contributed by atoms with van der Waals surface area (Å²) >= 11 is 0. The Morgan fingerprint density at radius 1 is 1.47 bits per heavy atom. The fourth-order valence-electron chi connectivity index (χ4n) is 1.83. The van der Waals surface area contributed by atoms with Crippen LogP contribution in [-0.4, -0.2) is 17.0 Å². The van der Waals surface area contributed by atoms with Crippen LogP contribution in [0.25, 0.3) is 11.1 Å². The molecule has 0 aliphatic rings. The number of benzene rings is 1. The fraction of sp³-hybridized carbons (Fsp3) is 0.385. The Morgan fingerprint density at radius 2 is 2.26 bits per heavy atom. The van der Waals surface area contributed by atoms with Gasteiger partial charge in [0, 0.05) is 20.0 Å². The van der Waals surface area contributed by atoms with Crippen LogP contribution >= 0.6 is 0 Å². The van der Waals surface area contributed by atoms with E-state index in [2.05, 4.69) is 5.32 Å². The highest BCUT2D eigenvalue weighted by molar-refractivity contribution is 5.76. The summed E-state index contributed by atoms with van der Waals surface area (Å²) in [5, 5.41) is 2.81. The molecule has 3 N–H and O–H groups in total. The average molecular weight is 263 g/mol. The van der Waals surface area contributed by atoms with Gasteiger partial charge in [-0.15, -0.1) is 0 Å². The summed E-state index contributed by atoms with van der Waals surface area (Å²) in [5.41, 5.74) is 7.53. The van der Waals surface area contributed by atoms with Crippen LogP contribution in [0.2, 0.25) is 0 Å². The number of fused-ring (bicyclic) bond motifs is 1. The number of nitrogens with one attached hydrogen (secondary N) is 1. The predicted molar refractivity (Wildman–Crippen MR) is 71.6 cm³/mol. The maximum Gasteiger partial charge on any atom is 0.419 e. The van der Waals surface area contributed by atoms with E-state index in [9.17, 15) is 9.59 Å². The van der Waals surface area contributed by atoms with E-state index in [1.54, 1.807) is 13.1 Å². The van der Waals surface area contributed by atoms with E-state index in [0.717, 1.165) is 11.1 Å². The van der Waals surface area contributed by atoms with E-state index in [4.69, 9.17) is 10.2 Å². The minimum absolute atomic E-state index is 0.0216. The smallest absolute Gasteiger partial charge is 0.408 e. The van der Waals surface area contributed by atoms with Gasteiger partial charge >= 0.3 is 5.76 Å². The van der Waals surface area contributed by atoms with E-state index in [1.165, 1.54) is 4.57 Å². The topological polar surface area (TPSA) is 90.3 Å². The van der Waals surface area contributed by atoms with Crippen molar-refractivity contribution in [2.24, 2.45) is 12.8 Å². The van der Waals surface area contributed by atoms with Crippen LogP contribution in [0.1, 0.15) is 18.4 Å². The molecule has 0 atom stereocenters. The molecule has 0 unspecified atom stereocenters. The van der Waals surface area contributed by atoms with Gasteiger partial charge in [-0.1, -0.05) is 6.07 Å². The van der Waals surface area contributed by atoms with Crippen molar-refractivity contribution >= 4 is 17.0 Å². The molecule has 2 aromatic rings. The molecule has 0 aliphatic heterocycles. The third-order valence-electron chi connectivity index (χ3n) is 2.95. The van der Waals surface area contributed by atoms with Crippen LogP contribution in [0.3, 0.4) is 0 Å². The number of nitrogens with two attached hydrogens (primary N) is 1. The van der Waals surface area contributed by atoms with Crippen LogP contribution < -0.4 is 16.8 Å². The van der Waals surface area contributed by atoms with Crippen molar-refractivity contribution in [2.75, 3.05) is 6.54 Å². The Bertz CT molecular complexity index is 642. The summed E-state index contributed by atoms with van der Waals surface area (Å²) in [5.74, 6) is -0.411. The molecule has 2 rings (SSSR count). The van der Waals surface area contributed by atoms with Gasteiger partial charge in [0.15, 0.2) is 5.58 Å². The molecule has 0 radical (unpaired) electrons. The normalized spacial score (nSPS) is 10.8. The lowest BCUT2D eigenvalue weighted by atomic mass is 10.2. The van der Waals surface area contributed by atoms with Crippen molar-refractivity contribution in [1.29, 1.82) is 0 Å². The molecule has 102 valence electrons. The minimum Gasteiger partial charge on any atom is -0.408 e. The van der Waals surface area contributed by atoms with Gasteiger partial charge in [0.1, 0.15) is 0 Å². The van der Waals surface area contributed by atoms with Crippen molar-refractivity contribution in [3.63, 3.8) is 0 Å². The first-order valence-corrected chi connectivity index (χ1v) is 6.17. The molecule has 1 amide bonds. The van der Waals surface area contributed by atoms with Crippen LogP contribution in [0.15, 0.2) is 27.4 Å². The number of amides is 1. The lowest BCUT2D eigenvalue weighted by Gasteiger charge is -2.05. The minimum atomic E-state index is -0.390. The molecule has 6 nitrogen and oxygen atoms in total. The highest BCUT2D eigenvalue weighted by Crippen LogP contribution is 2.14. The van der Waals surface area contributed by atoms with Gasteiger partial charge in [-0.3, -0.25) is 9.36 Å². The van der Waals surface area contributed by atoms with E-state index in [1.807, 2.05) is 12.1 Å². The molecule has 19 heavy (non-hydrogen) atoms. The van der Waals surface area contributed by atoms with Crippen LogP contribution in [0.5, 0.6) is 0 Å². The summed E-state index contributed by atoms with van der Waals surface area (Å²) in [6, 6.07) is 5.40. The highest BCUT2D eigenvalue weighted by Gasteiger charge is 2.07. The summed E-state index contributed by atoms with van der Waals surface area (Å²) in [4.78, 5) is 22.8. The van der Waals surface area contributed by atoms with E-state index < -0.39 is 0 Å². The molecule has 0 aliphatic carbocycles. The first kappa shape index (κ1) is 13.4. The maximum atomic E-state index is 11.5. The number of hydrogen-bond donors (Lipinski definition) is 2. The fourth-order valence-corrected chi connectivity index (χ4v) is 1.83. The van der Waals surface area contributed by atoms with Crippen LogP contribution in [0, 0.1) is 0 Å². The number of aromatic nitrogens is 1. The number of rotatable bonds is 5. The number of aryl methyl sites for hydroxylation is 1.